The van der Waals surface area contributed by atoms with E-state index in [0.29, 0.717) is 23.6 Å². The normalized spacial score (nSPS) is 14.8. The monoisotopic (exact) mass is 334 g/mol. The minimum absolute atomic E-state index is 0.0743. The number of hydrogen-bond acceptors (Lipinski definition) is 4. The predicted octanol–water partition coefficient (Wildman–Crippen LogP) is 3.53. The molecular formula is C19H18N4O2. The molecule has 0 fully saturated rings. The number of phenolic OH excluding ortho intramolecular Hbond substituents is 1. The van der Waals surface area contributed by atoms with Crippen molar-refractivity contribution in [1.29, 1.82) is 5.41 Å². The molecule has 6 nitrogen and oxygen atoms in total. The summed E-state index contributed by atoms with van der Waals surface area (Å²) >= 11 is 0. The molecule has 6 heteroatoms. The van der Waals surface area contributed by atoms with Gasteiger partial charge in [0.1, 0.15) is 23.2 Å². The lowest BCUT2D eigenvalue weighted by Gasteiger charge is -2.19. The Morgan fingerprint density at radius 1 is 1.08 bits per heavy atom. The van der Waals surface area contributed by atoms with Gasteiger partial charge in [-0.05, 0) is 31.2 Å². The first kappa shape index (κ1) is 15.3. The average molecular weight is 334 g/mol. The molecule has 126 valence electrons. The molecule has 0 aliphatic carbocycles. The van der Waals surface area contributed by atoms with Crippen molar-refractivity contribution in [3.8, 4) is 5.75 Å². The Balaban J connectivity index is 1.83. The van der Waals surface area contributed by atoms with Gasteiger partial charge in [0.15, 0.2) is 0 Å². The van der Waals surface area contributed by atoms with Crippen molar-refractivity contribution in [1.82, 2.24) is 9.55 Å². The highest BCUT2D eigenvalue weighted by molar-refractivity contribution is 6.30. The van der Waals surface area contributed by atoms with Crippen molar-refractivity contribution in [3.63, 3.8) is 0 Å². The molecule has 0 saturated heterocycles. The molecule has 0 saturated carbocycles. The molecule has 0 radical (unpaired) electrons. The van der Waals surface area contributed by atoms with Gasteiger partial charge in [-0.15, -0.1) is 0 Å². The summed E-state index contributed by atoms with van der Waals surface area (Å²) in [6, 6.07) is 14.6. The summed E-state index contributed by atoms with van der Waals surface area (Å²) in [5, 5.41) is 29.2. The van der Waals surface area contributed by atoms with Gasteiger partial charge in [0.25, 0.3) is 0 Å². The van der Waals surface area contributed by atoms with E-state index in [1.807, 2.05) is 35.8 Å². The summed E-state index contributed by atoms with van der Waals surface area (Å²) < 4.78 is 1.99. The van der Waals surface area contributed by atoms with E-state index < -0.39 is 0 Å². The summed E-state index contributed by atoms with van der Waals surface area (Å²) in [5.41, 5.74) is 2.69. The van der Waals surface area contributed by atoms with E-state index in [4.69, 9.17) is 5.41 Å². The van der Waals surface area contributed by atoms with Crippen molar-refractivity contribution >= 4 is 28.1 Å². The second kappa shape index (κ2) is 5.66. The molecule has 3 N–H and O–H groups in total. The number of aromatic hydroxyl groups is 1. The Morgan fingerprint density at radius 2 is 1.80 bits per heavy atom. The fraction of sp³-hybridized carbons (Fsp3) is 0.158. The van der Waals surface area contributed by atoms with Crippen LogP contribution in [0.2, 0.25) is 0 Å². The third-order valence-electron chi connectivity index (χ3n) is 4.47. The zero-order valence-corrected chi connectivity index (χ0v) is 13.8. The van der Waals surface area contributed by atoms with Crippen LogP contribution >= 0.6 is 0 Å². The van der Waals surface area contributed by atoms with Gasteiger partial charge >= 0.3 is 0 Å². The van der Waals surface area contributed by atoms with Crippen LogP contribution in [0.4, 0.5) is 5.69 Å². The summed E-state index contributed by atoms with van der Waals surface area (Å²) in [4.78, 5) is 6.21. The SMILES string of the molecule is CCn1c(C2=C(O)CN(c3ccccc3O)C2=N)nc2ccccc21. The number of aliphatic hydroxyl groups excluding tert-OH is 1. The van der Waals surface area contributed by atoms with Gasteiger partial charge in [-0.3, -0.25) is 5.41 Å². The number of aromatic nitrogens is 2. The first-order valence-corrected chi connectivity index (χ1v) is 8.14. The maximum Gasteiger partial charge on any atom is 0.148 e. The Labute approximate surface area is 144 Å². The number of para-hydroxylation sites is 4. The maximum atomic E-state index is 10.5. The van der Waals surface area contributed by atoms with Crippen LogP contribution in [0.25, 0.3) is 16.6 Å². The van der Waals surface area contributed by atoms with E-state index in [9.17, 15) is 10.2 Å². The number of imidazole rings is 1. The first-order chi connectivity index (χ1) is 12.1. The van der Waals surface area contributed by atoms with Gasteiger partial charge in [0.2, 0.25) is 0 Å². The summed E-state index contributed by atoms with van der Waals surface area (Å²) in [6.45, 7) is 2.82. The fourth-order valence-electron chi connectivity index (χ4n) is 3.30. The van der Waals surface area contributed by atoms with Crippen LogP contribution in [0.3, 0.4) is 0 Å². The Bertz CT molecular complexity index is 1020. The lowest BCUT2D eigenvalue weighted by molar-refractivity contribution is 0.410. The standard InChI is InChI=1S/C19H18N4O2/c1-2-22-13-8-4-3-7-12(13)21-19(22)17-16(25)11-23(18(17)20)14-9-5-6-10-15(14)24/h3-10,20,24-25H,2,11H2,1H3. The van der Waals surface area contributed by atoms with Crippen LogP contribution in [-0.2, 0) is 6.54 Å². The molecular weight excluding hydrogens is 316 g/mol. The van der Waals surface area contributed by atoms with E-state index in [1.165, 1.54) is 0 Å². The molecule has 0 bridgehead atoms. The molecule has 1 aliphatic rings. The van der Waals surface area contributed by atoms with Crippen molar-refractivity contribution < 1.29 is 10.2 Å². The zero-order valence-electron chi connectivity index (χ0n) is 13.8. The minimum atomic E-state index is 0.0743. The maximum absolute atomic E-state index is 10.5. The molecule has 0 spiro atoms. The van der Waals surface area contributed by atoms with Gasteiger partial charge in [0, 0.05) is 6.54 Å². The number of fused-ring (bicyclic) bond motifs is 1. The predicted molar refractivity (Wildman–Crippen MR) is 98.1 cm³/mol. The van der Waals surface area contributed by atoms with Crippen LogP contribution in [0.1, 0.15) is 12.7 Å². The minimum Gasteiger partial charge on any atom is -0.509 e. The molecule has 0 atom stereocenters. The highest BCUT2D eigenvalue weighted by Gasteiger charge is 2.33. The first-order valence-electron chi connectivity index (χ1n) is 8.14. The van der Waals surface area contributed by atoms with Gasteiger partial charge < -0.3 is 19.7 Å². The smallest absolute Gasteiger partial charge is 0.148 e. The number of aryl methyl sites for hydroxylation is 1. The van der Waals surface area contributed by atoms with Gasteiger partial charge in [-0.2, -0.15) is 0 Å². The van der Waals surface area contributed by atoms with Gasteiger partial charge in [-0.1, -0.05) is 24.3 Å². The molecule has 1 aliphatic heterocycles. The van der Waals surface area contributed by atoms with Crippen LogP contribution in [0.5, 0.6) is 5.75 Å². The van der Waals surface area contributed by atoms with Crippen molar-refractivity contribution in [2.45, 2.75) is 13.5 Å². The van der Waals surface area contributed by atoms with Crippen LogP contribution in [0, 0.1) is 5.41 Å². The highest BCUT2D eigenvalue weighted by Crippen LogP contribution is 2.35. The third kappa shape index (κ3) is 2.26. The van der Waals surface area contributed by atoms with Crippen molar-refractivity contribution in [2.75, 3.05) is 11.4 Å². The molecule has 4 rings (SSSR count). The van der Waals surface area contributed by atoms with Crippen LogP contribution in [-0.4, -0.2) is 32.1 Å². The number of nitrogens with zero attached hydrogens (tertiary/aromatic N) is 3. The fourth-order valence-corrected chi connectivity index (χ4v) is 3.30. The van der Waals surface area contributed by atoms with E-state index in [-0.39, 0.29) is 23.9 Å². The number of rotatable bonds is 3. The summed E-state index contributed by atoms with van der Waals surface area (Å²) in [7, 11) is 0. The molecule has 25 heavy (non-hydrogen) atoms. The number of hydrogen-bond donors (Lipinski definition) is 3. The Morgan fingerprint density at radius 3 is 2.56 bits per heavy atom. The number of phenols is 1. The molecule has 0 amide bonds. The average Bonchev–Trinajstić information content (AvgIpc) is 3.11. The van der Waals surface area contributed by atoms with Crippen molar-refractivity contribution in [3.05, 3.63) is 60.1 Å². The van der Waals surface area contributed by atoms with Gasteiger partial charge in [0.05, 0.1) is 28.8 Å². The largest absolute Gasteiger partial charge is 0.509 e. The molecule has 3 aromatic rings. The highest BCUT2D eigenvalue weighted by atomic mass is 16.3. The third-order valence-corrected chi connectivity index (χ3v) is 4.47. The number of nitrogens with one attached hydrogen (secondary N) is 1. The topological polar surface area (TPSA) is 85.4 Å². The van der Waals surface area contributed by atoms with Crippen LogP contribution in [0.15, 0.2) is 54.3 Å². The van der Waals surface area contributed by atoms with E-state index in [0.717, 1.165) is 11.0 Å². The zero-order chi connectivity index (χ0) is 17.6. The molecule has 2 heterocycles. The molecule has 2 aromatic carbocycles. The van der Waals surface area contributed by atoms with Gasteiger partial charge in [-0.25, -0.2) is 4.98 Å². The number of amidine groups is 1. The number of anilines is 1. The molecule has 1 aromatic heterocycles. The van der Waals surface area contributed by atoms with E-state index >= 15 is 0 Å². The van der Waals surface area contributed by atoms with E-state index in [2.05, 4.69) is 4.98 Å². The second-order valence-corrected chi connectivity index (χ2v) is 5.91. The summed E-state index contributed by atoms with van der Waals surface area (Å²) in [6.07, 6.45) is 0. The Hall–Kier alpha value is -3.28. The Kier molecular flexibility index (Phi) is 3.46. The number of aliphatic hydroxyl groups is 1. The molecule has 0 unspecified atom stereocenters. The lowest BCUT2D eigenvalue weighted by atomic mass is 10.2. The lowest BCUT2D eigenvalue weighted by Crippen LogP contribution is -2.26. The number of benzene rings is 2. The van der Waals surface area contributed by atoms with Crippen molar-refractivity contribution in [2.24, 2.45) is 0 Å². The quantitative estimate of drug-likeness (QED) is 0.684. The van der Waals surface area contributed by atoms with Crippen LogP contribution < -0.4 is 4.90 Å². The van der Waals surface area contributed by atoms with E-state index in [1.54, 1.807) is 29.2 Å². The second-order valence-electron chi connectivity index (χ2n) is 5.91. The summed E-state index contributed by atoms with van der Waals surface area (Å²) in [5.74, 6) is 0.858.